The van der Waals surface area contributed by atoms with Crippen LogP contribution in [0.4, 0.5) is 4.39 Å². The molecule has 0 unspecified atom stereocenters. The third-order valence-corrected chi connectivity index (χ3v) is 4.60. The van der Waals surface area contributed by atoms with E-state index in [2.05, 4.69) is 10.4 Å². The first-order valence-corrected chi connectivity index (χ1v) is 9.49. The third kappa shape index (κ3) is 4.65. The Bertz CT molecular complexity index is 1120. The molecule has 2 aromatic carbocycles. The van der Waals surface area contributed by atoms with Crippen molar-refractivity contribution < 1.29 is 18.7 Å². The van der Waals surface area contributed by atoms with Crippen molar-refractivity contribution in [3.8, 4) is 5.69 Å². The Hall–Kier alpha value is -3.68. The molecular formula is C22H22FN3O4. The Balaban J connectivity index is 1.88. The monoisotopic (exact) mass is 411 g/mol. The Morgan fingerprint density at radius 3 is 2.57 bits per heavy atom. The predicted octanol–water partition coefficient (Wildman–Crippen LogP) is 3.04. The number of benzene rings is 2. The number of nitrogens with one attached hydrogen (secondary N) is 2. The molecule has 0 aliphatic carbocycles. The third-order valence-electron chi connectivity index (χ3n) is 4.60. The molecule has 0 saturated carbocycles. The molecule has 1 atom stereocenters. The van der Waals surface area contributed by atoms with Crippen LogP contribution in [0, 0.1) is 12.7 Å². The van der Waals surface area contributed by atoms with Gasteiger partial charge in [-0.05, 0) is 37.1 Å². The summed E-state index contributed by atoms with van der Waals surface area (Å²) in [5.41, 5.74) is 1.02. The molecule has 0 radical (unpaired) electrons. The van der Waals surface area contributed by atoms with Gasteiger partial charge in [0.25, 0.3) is 11.5 Å². The zero-order chi connectivity index (χ0) is 21.7. The normalized spacial score (nSPS) is 11.7. The second-order valence-corrected chi connectivity index (χ2v) is 6.69. The maximum absolute atomic E-state index is 14.0. The first-order valence-electron chi connectivity index (χ1n) is 9.49. The second kappa shape index (κ2) is 9.21. The molecule has 8 heteroatoms. The Morgan fingerprint density at radius 2 is 1.87 bits per heavy atom. The van der Waals surface area contributed by atoms with E-state index in [9.17, 15) is 18.8 Å². The number of ether oxygens (including phenoxy) is 1. The molecule has 0 bridgehead atoms. The lowest BCUT2D eigenvalue weighted by Gasteiger charge is -2.20. The van der Waals surface area contributed by atoms with Crippen LogP contribution in [0.25, 0.3) is 5.69 Å². The second-order valence-electron chi connectivity index (χ2n) is 6.69. The molecule has 3 aromatic rings. The standard InChI is InChI=1S/C22H22FN3O4/c1-3-30-21(28)13-17(15-9-5-4-8-14(15)2)24-22(29)18-12-20(27)26(25-18)19-11-7-6-10-16(19)23/h4-12,17,25H,3,13H2,1-2H3,(H,24,29)/t17-/m0/s1. The van der Waals surface area contributed by atoms with Gasteiger partial charge in [-0.2, -0.15) is 0 Å². The largest absolute Gasteiger partial charge is 0.466 e. The van der Waals surface area contributed by atoms with Crippen LogP contribution in [0.2, 0.25) is 0 Å². The van der Waals surface area contributed by atoms with Crippen molar-refractivity contribution in [2.75, 3.05) is 6.61 Å². The highest BCUT2D eigenvalue weighted by atomic mass is 19.1. The minimum absolute atomic E-state index is 0.00327. The zero-order valence-electron chi connectivity index (χ0n) is 16.6. The van der Waals surface area contributed by atoms with Gasteiger partial charge in [0.2, 0.25) is 0 Å². The van der Waals surface area contributed by atoms with Gasteiger partial charge < -0.3 is 10.1 Å². The van der Waals surface area contributed by atoms with E-state index in [0.29, 0.717) is 0 Å². The van der Waals surface area contributed by atoms with Crippen LogP contribution in [0.1, 0.15) is 41.0 Å². The van der Waals surface area contributed by atoms with Crippen molar-refractivity contribution >= 4 is 11.9 Å². The fourth-order valence-corrected chi connectivity index (χ4v) is 3.16. The summed E-state index contributed by atoms with van der Waals surface area (Å²) in [6.07, 6.45) is -0.0668. The van der Waals surface area contributed by atoms with E-state index in [0.717, 1.165) is 21.9 Å². The first-order chi connectivity index (χ1) is 14.4. The molecule has 1 amide bonds. The summed E-state index contributed by atoms with van der Waals surface area (Å²) in [5, 5.41) is 5.39. The number of aryl methyl sites for hydroxylation is 1. The molecule has 7 nitrogen and oxygen atoms in total. The quantitative estimate of drug-likeness (QED) is 0.585. The molecule has 1 aromatic heterocycles. The highest BCUT2D eigenvalue weighted by Crippen LogP contribution is 2.22. The summed E-state index contributed by atoms with van der Waals surface area (Å²) < 4.78 is 20.0. The van der Waals surface area contributed by atoms with Gasteiger partial charge in [-0.3, -0.25) is 19.5 Å². The minimum Gasteiger partial charge on any atom is -0.466 e. The molecule has 0 spiro atoms. The maximum Gasteiger partial charge on any atom is 0.308 e. The molecule has 0 aliphatic heterocycles. The van der Waals surface area contributed by atoms with E-state index in [1.54, 1.807) is 13.0 Å². The van der Waals surface area contributed by atoms with Crippen LogP contribution in [0.5, 0.6) is 0 Å². The van der Waals surface area contributed by atoms with E-state index in [4.69, 9.17) is 4.74 Å². The van der Waals surface area contributed by atoms with E-state index >= 15 is 0 Å². The van der Waals surface area contributed by atoms with Gasteiger partial charge in [-0.25, -0.2) is 9.07 Å². The number of aromatic nitrogens is 2. The van der Waals surface area contributed by atoms with Gasteiger partial charge in [0.05, 0.1) is 19.1 Å². The van der Waals surface area contributed by atoms with Crippen molar-refractivity contribution in [2.24, 2.45) is 0 Å². The maximum atomic E-state index is 14.0. The number of nitrogens with zero attached hydrogens (tertiary/aromatic N) is 1. The molecule has 0 saturated heterocycles. The number of hydrogen-bond acceptors (Lipinski definition) is 4. The van der Waals surface area contributed by atoms with Crippen molar-refractivity contribution in [3.05, 3.63) is 87.6 Å². The summed E-state index contributed by atoms with van der Waals surface area (Å²) in [6.45, 7) is 3.80. The molecule has 156 valence electrons. The Morgan fingerprint density at radius 1 is 1.17 bits per heavy atom. The van der Waals surface area contributed by atoms with Crippen molar-refractivity contribution in [2.45, 2.75) is 26.3 Å². The fourth-order valence-electron chi connectivity index (χ4n) is 3.16. The first kappa shape index (κ1) is 21.0. The lowest BCUT2D eigenvalue weighted by Crippen LogP contribution is -2.31. The number of para-hydroxylation sites is 1. The summed E-state index contributed by atoms with van der Waals surface area (Å²) in [4.78, 5) is 37.2. The highest BCUT2D eigenvalue weighted by Gasteiger charge is 2.23. The van der Waals surface area contributed by atoms with Crippen LogP contribution in [-0.2, 0) is 9.53 Å². The number of carbonyl (C=O) groups excluding carboxylic acids is 2. The predicted molar refractivity (Wildman–Crippen MR) is 109 cm³/mol. The van der Waals surface area contributed by atoms with E-state index in [1.807, 2.05) is 31.2 Å². The lowest BCUT2D eigenvalue weighted by molar-refractivity contribution is -0.143. The van der Waals surface area contributed by atoms with Crippen LogP contribution >= 0.6 is 0 Å². The number of esters is 1. The van der Waals surface area contributed by atoms with E-state index < -0.39 is 29.3 Å². The van der Waals surface area contributed by atoms with E-state index in [-0.39, 0.29) is 24.4 Å². The smallest absolute Gasteiger partial charge is 0.308 e. The topological polar surface area (TPSA) is 93.2 Å². The van der Waals surface area contributed by atoms with Gasteiger partial charge in [-0.1, -0.05) is 36.4 Å². The molecule has 2 N–H and O–H groups in total. The average molecular weight is 411 g/mol. The number of halogens is 1. The lowest BCUT2D eigenvalue weighted by atomic mass is 9.98. The molecule has 30 heavy (non-hydrogen) atoms. The van der Waals surface area contributed by atoms with Gasteiger partial charge in [0.1, 0.15) is 17.2 Å². The van der Waals surface area contributed by atoms with Crippen molar-refractivity contribution in [1.82, 2.24) is 15.1 Å². The van der Waals surface area contributed by atoms with Crippen LogP contribution < -0.4 is 10.9 Å². The summed E-state index contributed by atoms with van der Waals surface area (Å²) in [5.74, 6) is -1.66. The number of carbonyl (C=O) groups is 2. The average Bonchev–Trinajstić information content (AvgIpc) is 3.10. The van der Waals surface area contributed by atoms with Gasteiger partial charge in [0, 0.05) is 6.07 Å². The van der Waals surface area contributed by atoms with Gasteiger partial charge in [0.15, 0.2) is 0 Å². The highest BCUT2D eigenvalue weighted by molar-refractivity contribution is 5.92. The van der Waals surface area contributed by atoms with Gasteiger partial charge in [-0.15, -0.1) is 0 Å². The zero-order valence-corrected chi connectivity index (χ0v) is 16.6. The number of H-pyrrole nitrogens is 1. The van der Waals surface area contributed by atoms with E-state index in [1.165, 1.54) is 18.2 Å². The molecule has 0 aliphatic rings. The summed E-state index contributed by atoms with van der Waals surface area (Å²) in [6, 6.07) is 13.5. The molecule has 1 heterocycles. The number of hydrogen-bond donors (Lipinski definition) is 2. The number of rotatable bonds is 7. The summed E-state index contributed by atoms with van der Waals surface area (Å²) in [7, 11) is 0. The molecule has 0 fully saturated rings. The number of aromatic amines is 1. The summed E-state index contributed by atoms with van der Waals surface area (Å²) >= 11 is 0. The SMILES string of the molecule is CCOC(=O)C[C@H](NC(=O)c1cc(=O)n(-c2ccccc2F)[nH]1)c1ccccc1C. The fraction of sp³-hybridized carbons (Fsp3) is 0.227. The Labute approximate surface area is 172 Å². The molecule has 3 rings (SSSR count). The minimum atomic E-state index is -0.655. The Kier molecular flexibility index (Phi) is 6.46. The number of amides is 1. The van der Waals surface area contributed by atoms with Crippen molar-refractivity contribution in [3.63, 3.8) is 0 Å². The van der Waals surface area contributed by atoms with Crippen LogP contribution in [0.15, 0.2) is 59.4 Å². The van der Waals surface area contributed by atoms with Gasteiger partial charge >= 0.3 is 5.97 Å². The van der Waals surface area contributed by atoms with Crippen LogP contribution in [-0.4, -0.2) is 28.3 Å². The van der Waals surface area contributed by atoms with Crippen molar-refractivity contribution in [1.29, 1.82) is 0 Å². The molecular weight excluding hydrogens is 389 g/mol. The van der Waals surface area contributed by atoms with Crippen LogP contribution in [0.3, 0.4) is 0 Å².